The van der Waals surface area contributed by atoms with Crippen molar-refractivity contribution in [1.29, 1.82) is 0 Å². The van der Waals surface area contributed by atoms with Gasteiger partial charge in [0.05, 0.1) is 16.2 Å². The number of aromatic hydroxyl groups is 1. The minimum Gasteiger partial charge on any atom is -0.870 e. The normalized spacial score (nSPS) is 15.8. The summed E-state index contributed by atoms with van der Waals surface area (Å²) in [5.41, 5.74) is 0.895. The molecule has 2 N–H and O–H groups in total. The van der Waals surface area contributed by atoms with E-state index >= 15 is 0 Å². The van der Waals surface area contributed by atoms with Gasteiger partial charge in [0.15, 0.2) is 4.32 Å². The molecule has 2 aromatic carbocycles. The smallest absolute Gasteiger partial charge is 0.335 e. The van der Waals surface area contributed by atoms with Crippen molar-refractivity contribution in [3.05, 3.63) is 58.5 Å². The maximum Gasteiger partial charge on any atom is 0.335 e. The molecule has 6 nitrogen and oxygen atoms in total. The molecule has 1 amide bonds. The van der Waals surface area contributed by atoms with E-state index in [2.05, 4.69) is 0 Å². The van der Waals surface area contributed by atoms with Crippen molar-refractivity contribution >= 4 is 51.9 Å². The number of amides is 1. The van der Waals surface area contributed by atoms with Crippen molar-refractivity contribution in [2.45, 2.75) is 0 Å². The largest absolute Gasteiger partial charge is 0.870 e. The molecule has 0 aromatic heterocycles. The van der Waals surface area contributed by atoms with Crippen LogP contribution in [0.25, 0.3) is 6.08 Å². The Morgan fingerprint density at radius 1 is 1.24 bits per heavy atom. The summed E-state index contributed by atoms with van der Waals surface area (Å²) in [5.74, 6) is -2.41. The zero-order valence-corrected chi connectivity index (χ0v) is 14.1. The van der Waals surface area contributed by atoms with Crippen LogP contribution < -0.4 is 10.0 Å². The molecule has 0 bridgehead atoms. The number of carboxylic acid groups (broad SMARTS) is 1. The number of thiocarbonyl (C=S) groups is 1. The Morgan fingerprint density at radius 3 is 2.68 bits per heavy atom. The van der Waals surface area contributed by atoms with E-state index in [1.54, 1.807) is 6.07 Å². The lowest BCUT2D eigenvalue weighted by Crippen LogP contribution is -2.27. The van der Waals surface area contributed by atoms with Gasteiger partial charge in [-0.15, -0.1) is 0 Å². The van der Waals surface area contributed by atoms with Gasteiger partial charge in [0.25, 0.3) is 5.91 Å². The summed E-state index contributed by atoms with van der Waals surface area (Å²) < 4.78 is 0.267. The van der Waals surface area contributed by atoms with Gasteiger partial charge in [-0.3, -0.25) is 9.69 Å². The van der Waals surface area contributed by atoms with Gasteiger partial charge in [0, 0.05) is 0 Å². The highest BCUT2D eigenvalue weighted by molar-refractivity contribution is 8.27. The van der Waals surface area contributed by atoms with Crippen molar-refractivity contribution in [2.75, 3.05) is 4.90 Å². The molecule has 0 aliphatic carbocycles. The number of anilines is 1. The van der Waals surface area contributed by atoms with E-state index in [0.717, 1.165) is 11.8 Å². The third-order valence-corrected chi connectivity index (χ3v) is 4.73. The van der Waals surface area contributed by atoms with E-state index < -0.39 is 23.4 Å². The number of thioether (sulfide) groups is 1. The van der Waals surface area contributed by atoms with Crippen molar-refractivity contribution < 1.29 is 24.9 Å². The Labute approximate surface area is 152 Å². The average molecular weight is 372 g/mol. The van der Waals surface area contributed by atoms with Gasteiger partial charge in [-0.1, -0.05) is 47.9 Å². The van der Waals surface area contributed by atoms with E-state index in [1.165, 1.54) is 47.4 Å². The Bertz CT molecular complexity index is 938. The first-order valence-corrected chi connectivity index (χ1v) is 8.20. The first-order chi connectivity index (χ1) is 11.9. The van der Waals surface area contributed by atoms with Gasteiger partial charge >= 0.3 is 5.97 Å². The van der Waals surface area contributed by atoms with Crippen LogP contribution in [0.15, 0.2) is 47.4 Å². The monoisotopic (exact) mass is 372 g/mol. The lowest BCUT2D eigenvalue weighted by atomic mass is 10.1. The summed E-state index contributed by atoms with van der Waals surface area (Å²) in [6.45, 7) is 0. The molecule has 25 heavy (non-hydrogen) atoms. The number of aromatic carboxylic acids is 1. The van der Waals surface area contributed by atoms with Crippen LogP contribution in [-0.4, -0.2) is 26.4 Å². The molecule has 8 heteroatoms. The molecule has 0 atom stereocenters. The van der Waals surface area contributed by atoms with Crippen molar-refractivity contribution in [3.63, 3.8) is 0 Å². The first-order valence-electron chi connectivity index (χ1n) is 6.98. The van der Waals surface area contributed by atoms with Crippen LogP contribution in [0, 0.1) is 0 Å². The minimum absolute atomic E-state index is 0.0477. The predicted molar refractivity (Wildman–Crippen MR) is 96.6 cm³/mol. The second-order valence-electron chi connectivity index (χ2n) is 5.10. The SMILES string of the molecule is O=C(O)c1cccc(N2C(=O)/C(=C\c3ccc([O-])c(O)c3)SC2=S)c1. The van der Waals surface area contributed by atoms with Gasteiger partial charge in [-0.25, -0.2) is 4.79 Å². The zero-order chi connectivity index (χ0) is 18.1. The molecule has 3 rings (SSSR count). The molecule has 1 saturated heterocycles. The van der Waals surface area contributed by atoms with E-state index in [-0.39, 0.29) is 9.88 Å². The number of hydrogen-bond donors (Lipinski definition) is 2. The maximum atomic E-state index is 12.6. The van der Waals surface area contributed by atoms with Gasteiger partial charge in [0.1, 0.15) is 5.75 Å². The van der Waals surface area contributed by atoms with Crippen LogP contribution in [0.4, 0.5) is 5.69 Å². The highest BCUT2D eigenvalue weighted by Crippen LogP contribution is 2.36. The van der Waals surface area contributed by atoms with Crippen molar-refractivity contribution in [1.82, 2.24) is 0 Å². The standard InChI is InChI=1S/C17H11NO5S2/c19-12-5-4-9(6-13(12)20)7-14-15(21)18(17(24)25-14)11-3-1-2-10(8-11)16(22)23/h1-8,19-20H,(H,22,23)/p-1/b14-7+. The number of benzene rings is 2. The molecule has 1 aliphatic rings. The number of rotatable bonds is 3. The Hall–Kier alpha value is -2.84. The average Bonchev–Trinajstić information content (AvgIpc) is 2.85. The fraction of sp³-hybridized carbons (Fsp3) is 0. The Kier molecular flexibility index (Phi) is 4.47. The summed E-state index contributed by atoms with van der Waals surface area (Å²) in [5, 5.41) is 29.8. The number of carbonyl (C=O) groups is 2. The van der Waals surface area contributed by atoms with E-state index in [4.69, 9.17) is 17.3 Å². The van der Waals surface area contributed by atoms with Crippen molar-refractivity contribution in [2.24, 2.45) is 0 Å². The number of phenols is 1. The highest BCUT2D eigenvalue weighted by Gasteiger charge is 2.33. The first kappa shape index (κ1) is 17.0. The molecule has 126 valence electrons. The van der Waals surface area contributed by atoms with Gasteiger partial charge in [0.2, 0.25) is 0 Å². The molecule has 0 radical (unpaired) electrons. The number of hydrogen-bond acceptors (Lipinski definition) is 6. The van der Waals surface area contributed by atoms with Gasteiger partial charge in [-0.2, -0.15) is 0 Å². The quantitative estimate of drug-likeness (QED) is 0.631. The number of carboxylic acids is 1. The molecular formula is C17H10NO5S2-. The lowest BCUT2D eigenvalue weighted by Gasteiger charge is -2.14. The van der Waals surface area contributed by atoms with Crippen LogP contribution in [0.3, 0.4) is 0 Å². The van der Waals surface area contributed by atoms with Crippen LogP contribution in [0.2, 0.25) is 0 Å². The maximum absolute atomic E-state index is 12.6. The summed E-state index contributed by atoms with van der Waals surface area (Å²) in [7, 11) is 0. The second kappa shape index (κ2) is 6.58. The van der Waals surface area contributed by atoms with Crippen molar-refractivity contribution in [3.8, 4) is 11.5 Å². The zero-order valence-electron chi connectivity index (χ0n) is 12.5. The minimum atomic E-state index is -1.10. The fourth-order valence-electron chi connectivity index (χ4n) is 2.24. The summed E-state index contributed by atoms with van der Waals surface area (Å²) in [6.07, 6.45) is 1.51. The van der Waals surface area contributed by atoms with Gasteiger partial charge < -0.3 is 15.3 Å². The Balaban J connectivity index is 1.94. The molecule has 1 fully saturated rings. The predicted octanol–water partition coefficient (Wildman–Crippen LogP) is 2.57. The molecule has 0 unspecified atom stereocenters. The number of nitrogens with zero attached hydrogens (tertiary/aromatic N) is 1. The van der Waals surface area contributed by atoms with Crippen LogP contribution in [-0.2, 0) is 4.79 Å². The summed E-state index contributed by atoms with van der Waals surface area (Å²) in [4.78, 5) is 25.3. The second-order valence-corrected chi connectivity index (χ2v) is 6.78. The van der Waals surface area contributed by atoms with Crippen LogP contribution in [0.5, 0.6) is 11.5 Å². The third-order valence-electron chi connectivity index (χ3n) is 3.43. The molecule has 0 spiro atoms. The van der Waals surface area contributed by atoms with Crippen LogP contribution in [0.1, 0.15) is 15.9 Å². The number of phenolic OH excluding ortho intramolecular Hbond substituents is 1. The molecule has 0 saturated carbocycles. The number of carbonyl (C=O) groups excluding carboxylic acids is 1. The highest BCUT2D eigenvalue weighted by atomic mass is 32.2. The molecule has 1 aliphatic heterocycles. The van der Waals surface area contributed by atoms with E-state index in [9.17, 15) is 19.8 Å². The lowest BCUT2D eigenvalue weighted by molar-refractivity contribution is -0.270. The molecule has 2 aromatic rings. The molecule has 1 heterocycles. The fourth-order valence-corrected chi connectivity index (χ4v) is 3.54. The third kappa shape index (κ3) is 3.35. The van der Waals surface area contributed by atoms with E-state index in [1.807, 2.05) is 0 Å². The molecular weight excluding hydrogens is 362 g/mol. The van der Waals surface area contributed by atoms with Crippen LogP contribution >= 0.6 is 24.0 Å². The summed E-state index contributed by atoms with van der Waals surface area (Å²) in [6, 6.07) is 9.88. The van der Waals surface area contributed by atoms with Gasteiger partial charge in [-0.05, 0) is 35.9 Å². The van der Waals surface area contributed by atoms with E-state index in [0.29, 0.717) is 16.2 Å². The Morgan fingerprint density at radius 2 is 2.00 bits per heavy atom. The summed E-state index contributed by atoms with van der Waals surface area (Å²) >= 11 is 6.29. The topological polar surface area (TPSA) is 101 Å².